The van der Waals surface area contributed by atoms with E-state index in [1.54, 1.807) is 74.5 Å². The fraction of sp³-hybridized carbons (Fsp3) is 0.570. The number of nitrogens with one attached hydrogen (secondary N) is 14. The summed E-state index contributed by atoms with van der Waals surface area (Å²) in [4.78, 5) is 268. The van der Waals surface area contributed by atoms with Crippen LogP contribution in [0.25, 0.3) is 0 Å². The molecule has 123 heavy (non-hydrogen) atoms. The summed E-state index contributed by atoms with van der Waals surface area (Å²) in [5.41, 5.74) is 12.6. The first-order chi connectivity index (χ1) is 58.5. The Morgan fingerprint density at radius 1 is 0.447 bits per heavy atom. The van der Waals surface area contributed by atoms with Gasteiger partial charge in [-0.05, 0) is 121 Å². The summed E-state index contributed by atoms with van der Waals surface area (Å²) < 4.78 is 0. The van der Waals surface area contributed by atoms with Gasteiger partial charge < -0.3 is 126 Å². The summed E-state index contributed by atoms with van der Waals surface area (Å²) in [5, 5.41) is 92.1. The first-order valence-corrected chi connectivity index (χ1v) is 40.6. The highest BCUT2D eigenvalue weighted by atomic mass is 16.4. The van der Waals surface area contributed by atoms with Crippen molar-refractivity contribution in [3.63, 3.8) is 0 Å². The molecule has 0 bridgehead atoms. The van der Waals surface area contributed by atoms with Gasteiger partial charge in [0.2, 0.25) is 88.6 Å². The van der Waals surface area contributed by atoms with Crippen molar-refractivity contribution in [1.82, 2.24) is 88.9 Å². The van der Waals surface area contributed by atoms with E-state index in [1.807, 2.05) is 0 Å². The monoisotopic (exact) mass is 1730 g/mol. The fourth-order valence-corrected chi connectivity index (χ4v) is 14.1. The van der Waals surface area contributed by atoms with Crippen LogP contribution < -0.4 is 80.6 Å². The maximum atomic E-state index is 14.7. The van der Waals surface area contributed by atoms with Crippen molar-refractivity contribution in [1.29, 1.82) is 0 Å². The van der Waals surface area contributed by atoms with Crippen molar-refractivity contribution in [3.8, 4) is 0 Å². The molecule has 674 valence electrons. The molecule has 0 radical (unpaired) electrons. The molecule has 15 atom stereocenters. The van der Waals surface area contributed by atoms with E-state index in [0.717, 1.165) is 16.9 Å². The number of nitrogens with zero attached hydrogens (tertiary/aromatic N) is 3. The second-order valence-electron chi connectivity index (χ2n) is 30.7. The normalized spacial score (nSPS) is 17.8. The van der Waals surface area contributed by atoms with E-state index in [0.29, 0.717) is 24.9 Å². The third-order valence-electron chi connectivity index (χ3n) is 20.6. The van der Waals surface area contributed by atoms with E-state index in [1.165, 1.54) is 24.3 Å². The number of rotatable bonds is 52. The van der Waals surface area contributed by atoms with Crippen LogP contribution in [0.2, 0.25) is 0 Å². The molecule has 2 aromatic carbocycles. The Morgan fingerprint density at radius 3 is 1.35 bits per heavy atom. The number of unbranched alkanes of at least 4 members (excludes halogenated alkanes) is 1. The SMILES string of the molecule is CC(C)C[C@H](NC(=O)[C@H](Cc1c[nH]cn1)NC(=O)[C@H](CCC(N)=O)NC(=O)[C@H](CO)NC(=O)[C@@H]1CCCN1C(=O)[C@H](Cc1ccccc1)NC(=O)[C@@H]1CCCN1)C(=O)N[C@@H](CCC(=O)O)C(=O)N[C@@H](C)C(=O)N1CCC[C@H]1C(=O)N[C@@H](CCC(=O)O)C(=O)N[C@@H](CC(=O)O)C(=O)N[C@@H](CCCCN)C(=O)N[C@@H](CO)C(=O)N[C@@H](Cc1ccccc1)C(=O)O. The molecule has 1 aromatic heterocycles. The van der Waals surface area contributed by atoms with Crippen LogP contribution in [0.3, 0.4) is 0 Å². The molecule has 3 saturated heterocycles. The number of aromatic amines is 1. The van der Waals surface area contributed by atoms with Gasteiger partial charge in [-0.2, -0.15) is 0 Å². The van der Waals surface area contributed by atoms with Crippen LogP contribution in [0, 0.1) is 5.92 Å². The largest absolute Gasteiger partial charge is 0.481 e. The molecule has 6 rings (SSSR count). The molecule has 15 amide bonds. The van der Waals surface area contributed by atoms with Gasteiger partial charge in [0, 0.05) is 57.8 Å². The lowest BCUT2D eigenvalue weighted by Gasteiger charge is -2.30. The molecular formula is C79H113N19O25. The molecule has 3 aliphatic rings. The lowest BCUT2D eigenvalue weighted by Crippen LogP contribution is -2.61. The second kappa shape index (κ2) is 50.0. The molecule has 0 saturated carbocycles. The van der Waals surface area contributed by atoms with E-state index < -0.39 is 274 Å². The summed E-state index contributed by atoms with van der Waals surface area (Å²) >= 11 is 0. The number of likely N-dealkylation sites (tertiary alicyclic amines) is 2. The lowest BCUT2D eigenvalue weighted by molar-refractivity contribution is -0.143. The van der Waals surface area contributed by atoms with E-state index in [9.17, 15) is 122 Å². The zero-order valence-electron chi connectivity index (χ0n) is 68.5. The first kappa shape index (κ1) is 99.2. The number of aliphatic carboxylic acids is 4. The van der Waals surface area contributed by atoms with Gasteiger partial charge >= 0.3 is 23.9 Å². The maximum Gasteiger partial charge on any atom is 0.326 e. The van der Waals surface area contributed by atoms with Crippen molar-refractivity contribution in [2.45, 2.75) is 240 Å². The Hall–Kier alpha value is -12.6. The molecule has 3 aliphatic heterocycles. The van der Waals surface area contributed by atoms with E-state index in [-0.39, 0.29) is 83.1 Å². The number of aliphatic hydroxyl groups is 2. The van der Waals surface area contributed by atoms with Crippen molar-refractivity contribution in [2.24, 2.45) is 17.4 Å². The van der Waals surface area contributed by atoms with Gasteiger partial charge in [-0.3, -0.25) is 86.3 Å². The fourth-order valence-electron chi connectivity index (χ4n) is 14.1. The van der Waals surface area contributed by atoms with Gasteiger partial charge in [0.05, 0.1) is 37.7 Å². The standard InChI is InChI=1S/C79H113N19O25/c1-42(2)33-52(90-71(114)53(36-46-38-82-41-84-46)91-68(111)49(23-26-61(81)101)88-73(116)58(40-100)96-76(119)60-22-14-32-98(60)78(121)55(34-44-15-6-4-7-16-44)93-65(108)47-20-12-30-83-47)70(113)87-50(24-27-62(102)103)66(109)85-43(3)77(120)97-31-13-21-59(97)75(118)89-51(25-28-63(104)105)69(112)92-54(37-64(106)107)72(115)86-48(19-10-11-29-80)67(110)95-57(39-99)74(117)94-56(79(122)123)35-45-17-8-5-9-18-45/h4-9,15-18,38,41-43,47-60,83,99-100H,10-14,19-37,39-40,80H2,1-3H3,(H2,81,101)(H,82,84)(H,85,109)(H,86,115)(H,87,113)(H,88,116)(H,89,118)(H,90,114)(H,91,111)(H,92,112)(H,93,108)(H,94,117)(H,95,110)(H,96,119)(H,102,103)(H,104,105)(H,106,107)(H,122,123)/t43-,47-,48-,49-,50-,51-,52-,53-,54-,55-,56-,57-,58-,59-,60-/m0/s1. The maximum absolute atomic E-state index is 14.7. The summed E-state index contributed by atoms with van der Waals surface area (Å²) in [6.45, 7) is 2.99. The van der Waals surface area contributed by atoms with Gasteiger partial charge in [-0.1, -0.05) is 74.5 Å². The summed E-state index contributed by atoms with van der Waals surface area (Å²) in [5.74, 6) is -21.8. The molecule has 44 heteroatoms. The Kier molecular flexibility index (Phi) is 40.3. The van der Waals surface area contributed by atoms with Gasteiger partial charge in [-0.15, -0.1) is 0 Å². The highest BCUT2D eigenvalue weighted by Gasteiger charge is 2.44. The smallest absolute Gasteiger partial charge is 0.326 e. The molecule has 4 heterocycles. The highest BCUT2D eigenvalue weighted by molar-refractivity contribution is 6.01. The minimum absolute atomic E-state index is 0.0783. The Balaban J connectivity index is 1.12. The van der Waals surface area contributed by atoms with Crippen LogP contribution in [-0.4, -0.2) is 293 Å². The topological polar surface area (TPSA) is 689 Å². The Labute approximate surface area is 706 Å². The average molecular weight is 1730 g/mol. The first-order valence-electron chi connectivity index (χ1n) is 40.6. The number of carbonyl (C=O) groups is 19. The van der Waals surface area contributed by atoms with Gasteiger partial charge in [0.15, 0.2) is 0 Å². The van der Waals surface area contributed by atoms with Crippen molar-refractivity contribution >= 4 is 112 Å². The van der Waals surface area contributed by atoms with E-state index >= 15 is 0 Å². The van der Waals surface area contributed by atoms with Gasteiger partial charge in [0.1, 0.15) is 84.6 Å². The zero-order valence-corrected chi connectivity index (χ0v) is 68.5. The van der Waals surface area contributed by atoms with Crippen molar-refractivity contribution in [3.05, 3.63) is 90.0 Å². The predicted octanol–water partition coefficient (Wildman–Crippen LogP) is -6.28. The third kappa shape index (κ3) is 32.4. The quantitative estimate of drug-likeness (QED) is 0.0234. The molecule has 24 N–H and O–H groups in total. The van der Waals surface area contributed by atoms with Crippen LogP contribution >= 0.6 is 0 Å². The van der Waals surface area contributed by atoms with Crippen LogP contribution in [0.1, 0.15) is 147 Å². The predicted molar refractivity (Wildman–Crippen MR) is 431 cm³/mol. The number of primary amides is 1. The van der Waals surface area contributed by atoms with Crippen molar-refractivity contribution in [2.75, 3.05) is 39.4 Å². The number of hydrogen-bond acceptors (Lipinski definition) is 24. The zero-order chi connectivity index (χ0) is 90.6. The van der Waals surface area contributed by atoms with Gasteiger partial charge in [-0.25, -0.2) is 9.78 Å². The van der Waals surface area contributed by atoms with Crippen molar-refractivity contribution < 1.29 is 122 Å². The number of benzene rings is 2. The average Bonchev–Trinajstić information content (AvgIpc) is 1.72. The number of aliphatic hydroxyl groups excluding tert-OH is 2. The number of carboxylic acid groups (broad SMARTS) is 4. The van der Waals surface area contributed by atoms with Crippen LogP contribution in [-0.2, 0) is 110 Å². The van der Waals surface area contributed by atoms with Crippen LogP contribution in [0.4, 0.5) is 0 Å². The number of aromatic nitrogens is 2. The minimum Gasteiger partial charge on any atom is -0.481 e. The van der Waals surface area contributed by atoms with Gasteiger partial charge in [0.25, 0.3) is 0 Å². The number of carbonyl (C=O) groups excluding carboxylic acids is 15. The molecule has 0 aliphatic carbocycles. The van der Waals surface area contributed by atoms with E-state index in [4.69, 9.17) is 11.5 Å². The number of H-pyrrole nitrogens is 1. The number of carboxylic acids is 4. The summed E-state index contributed by atoms with van der Waals surface area (Å²) in [7, 11) is 0. The molecule has 0 spiro atoms. The summed E-state index contributed by atoms with van der Waals surface area (Å²) in [6, 6.07) is -6.37. The molecule has 0 unspecified atom stereocenters. The molecular weight excluding hydrogens is 1610 g/mol. The minimum atomic E-state index is -2.07. The molecule has 44 nitrogen and oxygen atoms in total. The molecule has 3 aromatic rings. The van der Waals surface area contributed by atoms with Crippen LogP contribution in [0.5, 0.6) is 0 Å². The number of amides is 15. The molecule has 3 fully saturated rings. The highest BCUT2D eigenvalue weighted by Crippen LogP contribution is 2.23. The summed E-state index contributed by atoms with van der Waals surface area (Å²) in [6.07, 6.45) is -1.33. The third-order valence-corrected chi connectivity index (χ3v) is 20.6. The lowest BCUT2D eigenvalue weighted by atomic mass is 10.0. The Morgan fingerprint density at radius 2 is 0.870 bits per heavy atom. The number of imidazole rings is 1. The van der Waals surface area contributed by atoms with Crippen LogP contribution in [0.15, 0.2) is 73.2 Å². The second-order valence-corrected chi connectivity index (χ2v) is 30.7. The number of nitrogens with two attached hydrogens (primary N) is 2. The van der Waals surface area contributed by atoms with E-state index in [2.05, 4.69) is 79.1 Å². The number of hydrogen-bond donors (Lipinski definition) is 22. The Bertz CT molecular complexity index is 4180.